The second-order valence-electron chi connectivity index (χ2n) is 6.36. The average molecular weight is 374 g/mol. The molecule has 1 aliphatic carbocycles. The summed E-state index contributed by atoms with van der Waals surface area (Å²) in [5.41, 5.74) is 3.71. The van der Waals surface area contributed by atoms with E-state index in [0.717, 1.165) is 6.42 Å². The van der Waals surface area contributed by atoms with Crippen molar-refractivity contribution in [2.24, 2.45) is 10.8 Å². The Labute approximate surface area is 105 Å². The van der Waals surface area contributed by atoms with E-state index in [4.69, 9.17) is 0 Å². The van der Waals surface area contributed by atoms with Crippen LogP contribution in [0.25, 0.3) is 0 Å². The number of hydrogen-bond donors (Lipinski definition) is 0. The van der Waals surface area contributed by atoms with Crippen LogP contribution in [0, 0.1) is 10.8 Å². The van der Waals surface area contributed by atoms with Gasteiger partial charge in [0.25, 0.3) is 0 Å². The zero-order chi connectivity index (χ0) is 11.9. The van der Waals surface area contributed by atoms with Crippen LogP contribution >= 0.6 is 0 Å². The van der Waals surface area contributed by atoms with Crippen molar-refractivity contribution < 1.29 is 19.4 Å². The van der Waals surface area contributed by atoms with Crippen molar-refractivity contribution in [2.45, 2.75) is 48.0 Å². The van der Waals surface area contributed by atoms with Gasteiger partial charge in [-0.05, 0) is 0 Å². The van der Waals surface area contributed by atoms with Crippen molar-refractivity contribution in [2.75, 3.05) is 0 Å². The molecule has 0 aromatic carbocycles. The molecular formula is C14H22W. The molecule has 0 atom stereocenters. The van der Waals surface area contributed by atoms with E-state index in [2.05, 4.69) is 53.7 Å². The summed E-state index contributed by atoms with van der Waals surface area (Å²) in [7, 11) is 0. The van der Waals surface area contributed by atoms with Gasteiger partial charge >= 0.3 is 105 Å². The van der Waals surface area contributed by atoms with E-state index < -0.39 is 0 Å². The average Bonchev–Trinajstić information content (AvgIpc) is 2.47. The van der Waals surface area contributed by atoms with Crippen LogP contribution in [0.15, 0.2) is 23.3 Å². The monoisotopic (exact) mass is 374 g/mol. The third-order valence-corrected chi connectivity index (χ3v) is 5.83. The Hall–Kier alpha value is 0.0383. The molecule has 1 rings (SSSR count). The molecule has 0 aromatic rings. The Balaban J connectivity index is 2.87. The van der Waals surface area contributed by atoms with Crippen LogP contribution in [0.1, 0.15) is 48.0 Å². The second kappa shape index (κ2) is 4.13. The molecule has 1 heteroatoms. The number of rotatable bonds is 1. The SMILES string of the molecule is CC(C)(C)[C](=[W])C1=CCC(C(C)(C)C)=C1. The van der Waals surface area contributed by atoms with E-state index in [-0.39, 0.29) is 0 Å². The van der Waals surface area contributed by atoms with Gasteiger partial charge in [-0.15, -0.1) is 0 Å². The van der Waals surface area contributed by atoms with Gasteiger partial charge in [0, 0.05) is 0 Å². The summed E-state index contributed by atoms with van der Waals surface area (Å²) in [6.07, 6.45) is 5.95. The molecule has 0 aliphatic heterocycles. The molecule has 0 N–H and O–H groups in total. The van der Waals surface area contributed by atoms with E-state index in [1.165, 1.54) is 5.57 Å². The van der Waals surface area contributed by atoms with Crippen molar-refractivity contribution in [1.82, 2.24) is 0 Å². The van der Waals surface area contributed by atoms with Gasteiger partial charge in [-0.2, -0.15) is 0 Å². The quantitative estimate of drug-likeness (QED) is 0.650. The molecule has 0 unspecified atom stereocenters. The topological polar surface area (TPSA) is 0 Å². The van der Waals surface area contributed by atoms with Crippen LogP contribution in [0.4, 0.5) is 0 Å². The third-order valence-electron chi connectivity index (χ3n) is 2.78. The van der Waals surface area contributed by atoms with Gasteiger partial charge in [0.2, 0.25) is 0 Å². The zero-order valence-electron chi connectivity index (χ0n) is 10.8. The first-order valence-corrected chi connectivity index (χ1v) is 7.05. The van der Waals surface area contributed by atoms with Crippen molar-refractivity contribution in [1.29, 1.82) is 0 Å². The van der Waals surface area contributed by atoms with Gasteiger partial charge < -0.3 is 0 Å². The summed E-state index contributed by atoms with van der Waals surface area (Å²) in [5, 5.41) is 0. The summed E-state index contributed by atoms with van der Waals surface area (Å²) in [6, 6.07) is 0. The first kappa shape index (κ1) is 13.1. The fourth-order valence-corrected chi connectivity index (χ4v) is 2.15. The van der Waals surface area contributed by atoms with Gasteiger partial charge in [0.05, 0.1) is 0 Å². The summed E-state index contributed by atoms with van der Waals surface area (Å²) < 4.78 is 1.58. The molecular weight excluding hydrogens is 352 g/mol. The van der Waals surface area contributed by atoms with E-state index >= 15 is 0 Å². The van der Waals surface area contributed by atoms with Gasteiger partial charge in [-0.3, -0.25) is 0 Å². The third kappa shape index (κ3) is 3.25. The minimum absolute atomic E-state index is 0.324. The summed E-state index contributed by atoms with van der Waals surface area (Å²) in [5.74, 6) is 0. The van der Waals surface area contributed by atoms with Crippen molar-refractivity contribution >= 4 is 3.90 Å². The molecule has 1 aliphatic rings. The maximum absolute atomic E-state index is 2.41. The molecule has 0 aromatic heterocycles. The molecule has 84 valence electrons. The van der Waals surface area contributed by atoms with E-state index in [0.29, 0.717) is 10.8 Å². The van der Waals surface area contributed by atoms with Gasteiger partial charge in [0.15, 0.2) is 0 Å². The van der Waals surface area contributed by atoms with Crippen LogP contribution in [0.5, 0.6) is 0 Å². The standard InChI is InChI=1S/C14H22.W/c1-13(2,3)10-11-7-8-12(9-11)14(4,5)6;/h7,9H,8H2,1-6H3;. The molecule has 0 amide bonds. The molecule has 0 saturated carbocycles. The zero-order valence-corrected chi connectivity index (χ0v) is 13.7. The van der Waals surface area contributed by atoms with Crippen molar-refractivity contribution in [3.05, 3.63) is 23.3 Å². The van der Waals surface area contributed by atoms with Crippen molar-refractivity contribution in [3.63, 3.8) is 0 Å². The first-order valence-electron chi connectivity index (χ1n) is 5.58. The predicted molar refractivity (Wildman–Crippen MR) is 64.7 cm³/mol. The summed E-state index contributed by atoms with van der Waals surface area (Å²) >= 11 is 1.61. The molecule has 0 bridgehead atoms. The minimum atomic E-state index is 0.324. The first-order chi connectivity index (χ1) is 6.62. The molecule has 0 heterocycles. The maximum atomic E-state index is 2.41. The van der Waals surface area contributed by atoms with Crippen LogP contribution < -0.4 is 0 Å². The summed E-state index contributed by atoms with van der Waals surface area (Å²) in [4.78, 5) is 0. The van der Waals surface area contributed by atoms with E-state index in [1.54, 1.807) is 28.8 Å². The summed E-state index contributed by atoms with van der Waals surface area (Å²) in [6.45, 7) is 13.8. The van der Waals surface area contributed by atoms with Gasteiger partial charge in [0.1, 0.15) is 0 Å². The molecule has 0 radical (unpaired) electrons. The van der Waals surface area contributed by atoms with E-state index in [9.17, 15) is 0 Å². The normalized spacial score (nSPS) is 17.5. The predicted octanol–water partition coefficient (Wildman–Crippen LogP) is 4.05. The van der Waals surface area contributed by atoms with Crippen LogP contribution in [-0.4, -0.2) is 3.90 Å². The second-order valence-corrected chi connectivity index (χ2v) is 7.83. The molecule has 0 fully saturated rings. The fraction of sp³-hybridized carbons (Fsp3) is 0.643. The Morgan fingerprint density at radius 3 is 2.00 bits per heavy atom. The Kier molecular flexibility index (Phi) is 3.61. The van der Waals surface area contributed by atoms with Gasteiger partial charge in [-0.1, -0.05) is 0 Å². The van der Waals surface area contributed by atoms with Crippen LogP contribution in [-0.2, 0) is 19.4 Å². The van der Waals surface area contributed by atoms with Crippen LogP contribution in [0.3, 0.4) is 0 Å². The fourth-order valence-electron chi connectivity index (χ4n) is 1.64. The van der Waals surface area contributed by atoms with Gasteiger partial charge in [-0.25, -0.2) is 0 Å². The van der Waals surface area contributed by atoms with E-state index in [1.807, 2.05) is 0 Å². The molecule has 0 nitrogen and oxygen atoms in total. The molecule has 0 saturated heterocycles. The Morgan fingerprint density at radius 1 is 1.13 bits per heavy atom. The number of hydrogen-bond acceptors (Lipinski definition) is 0. The number of allylic oxidation sites excluding steroid dienone is 4. The Bertz CT molecular complexity index is 329. The molecule has 15 heavy (non-hydrogen) atoms. The Morgan fingerprint density at radius 2 is 1.67 bits per heavy atom. The van der Waals surface area contributed by atoms with Crippen molar-refractivity contribution in [3.8, 4) is 0 Å². The van der Waals surface area contributed by atoms with Crippen LogP contribution in [0.2, 0.25) is 0 Å². The molecule has 0 spiro atoms.